The monoisotopic (exact) mass is 396 g/mol. The molecule has 1 saturated heterocycles. The van der Waals surface area contributed by atoms with Crippen molar-refractivity contribution in [1.29, 1.82) is 0 Å². The summed E-state index contributed by atoms with van der Waals surface area (Å²) in [5.41, 5.74) is -2.55. The summed E-state index contributed by atoms with van der Waals surface area (Å²) in [5.74, 6) is -1.05. The zero-order chi connectivity index (χ0) is 19.6. The van der Waals surface area contributed by atoms with E-state index in [1.807, 2.05) is 4.98 Å². The molecule has 26 heavy (non-hydrogen) atoms. The average molecular weight is 396 g/mol. The standard InChI is InChI=1S/C12H17N2O11P/c1-2-23-11(18)5-3-7(15)13-12(19)14(5)10-9(17)8(16)6(25-10)4-24-26(20,21)22/h3,6,8-10,16-17H,2,4H2,1H3,(H,13,15,19)(H2,20,21,22)/t6-,8-,9-,10-/m1/s1. The van der Waals surface area contributed by atoms with Gasteiger partial charge in [0.2, 0.25) is 0 Å². The first-order valence-corrected chi connectivity index (χ1v) is 8.83. The van der Waals surface area contributed by atoms with Crippen LogP contribution in [0.2, 0.25) is 0 Å². The fourth-order valence-electron chi connectivity index (χ4n) is 2.37. The van der Waals surface area contributed by atoms with Gasteiger partial charge in [-0.1, -0.05) is 0 Å². The first-order chi connectivity index (χ1) is 12.0. The van der Waals surface area contributed by atoms with Crippen LogP contribution in [0.1, 0.15) is 23.6 Å². The highest BCUT2D eigenvalue weighted by molar-refractivity contribution is 7.46. The molecule has 1 fully saturated rings. The molecular weight excluding hydrogens is 379 g/mol. The number of ether oxygens (including phenoxy) is 2. The molecule has 1 aromatic rings. The number of nitrogens with one attached hydrogen (secondary N) is 1. The number of phosphoric acid groups is 1. The van der Waals surface area contributed by atoms with E-state index < -0.39 is 61.9 Å². The number of esters is 1. The fraction of sp³-hybridized carbons (Fsp3) is 0.583. The normalized spacial score (nSPS) is 26.0. The van der Waals surface area contributed by atoms with E-state index >= 15 is 0 Å². The predicted octanol–water partition coefficient (Wildman–Crippen LogP) is -2.56. The summed E-state index contributed by atoms with van der Waals surface area (Å²) in [7, 11) is -4.87. The Labute approximate surface area is 145 Å². The maximum Gasteiger partial charge on any atom is 0.469 e. The van der Waals surface area contributed by atoms with Gasteiger partial charge in [0.15, 0.2) is 6.23 Å². The molecule has 0 spiro atoms. The number of hydrogen-bond donors (Lipinski definition) is 5. The molecule has 1 aliphatic heterocycles. The molecule has 1 aromatic heterocycles. The van der Waals surface area contributed by atoms with Crippen molar-refractivity contribution in [3.8, 4) is 0 Å². The average Bonchev–Trinajstić information content (AvgIpc) is 2.80. The second kappa shape index (κ2) is 7.80. The third-order valence-electron chi connectivity index (χ3n) is 3.46. The number of rotatable bonds is 6. The minimum Gasteiger partial charge on any atom is -0.461 e. The van der Waals surface area contributed by atoms with Gasteiger partial charge in [0, 0.05) is 6.07 Å². The molecular formula is C12H17N2O11P. The zero-order valence-corrected chi connectivity index (χ0v) is 14.2. The summed E-state index contributed by atoms with van der Waals surface area (Å²) in [5, 5.41) is 20.1. The molecule has 146 valence electrons. The lowest BCUT2D eigenvalue weighted by Gasteiger charge is -2.20. The van der Waals surface area contributed by atoms with E-state index in [0.29, 0.717) is 4.57 Å². The summed E-state index contributed by atoms with van der Waals surface area (Å²) < 4.78 is 25.5. The third kappa shape index (κ3) is 4.45. The molecule has 2 rings (SSSR count). The quantitative estimate of drug-likeness (QED) is 0.250. The van der Waals surface area contributed by atoms with Gasteiger partial charge in [-0.25, -0.2) is 14.2 Å². The van der Waals surface area contributed by atoms with E-state index in [1.165, 1.54) is 6.92 Å². The highest BCUT2D eigenvalue weighted by Gasteiger charge is 2.46. The Morgan fingerprint density at radius 1 is 1.35 bits per heavy atom. The lowest BCUT2D eigenvalue weighted by atomic mass is 10.1. The molecule has 0 saturated carbocycles. The van der Waals surface area contributed by atoms with Crippen LogP contribution in [-0.4, -0.2) is 67.0 Å². The highest BCUT2D eigenvalue weighted by atomic mass is 31.2. The SMILES string of the molecule is CCOC(=O)c1cc(=O)[nH]c(=O)n1[C@@H]1O[C@H](COP(=O)(O)O)[C@@H](O)[C@H]1O. The van der Waals surface area contributed by atoms with E-state index in [1.54, 1.807) is 0 Å². The van der Waals surface area contributed by atoms with Gasteiger partial charge in [0.05, 0.1) is 13.2 Å². The second-order valence-corrected chi connectivity index (χ2v) is 6.49. The number of hydrogen-bond acceptors (Lipinski definition) is 9. The van der Waals surface area contributed by atoms with Crippen LogP contribution < -0.4 is 11.2 Å². The Balaban J connectivity index is 2.38. The molecule has 14 heteroatoms. The van der Waals surface area contributed by atoms with Crippen molar-refractivity contribution in [2.45, 2.75) is 31.5 Å². The summed E-state index contributed by atoms with van der Waals surface area (Å²) >= 11 is 0. The Morgan fingerprint density at radius 2 is 2.00 bits per heavy atom. The number of phosphoric ester groups is 1. The topological polar surface area (TPSA) is 198 Å². The van der Waals surface area contributed by atoms with Gasteiger partial charge < -0.3 is 29.5 Å². The van der Waals surface area contributed by atoms with Gasteiger partial charge in [-0.15, -0.1) is 0 Å². The van der Waals surface area contributed by atoms with E-state index in [2.05, 4.69) is 4.52 Å². The molecule has 0 aliphatic carbocycles. The highest BCUT2D eigenvalue weighted by Crippen LogP contribution is 2.38. The van der Waals surface area contributed by atoms with Crippen molar-refractivity contribution in [2.75, 3.05) is 13.2 Å². The molecule has 0 radical (unpaired) electrons. The molecule has 2 heterocycles. The lowest BCUT2D eigenvalue weighted by Crippen LogP contribution is -2.41. The van der Waals surface area contributed by atoms with Crippen molar-refractivity contribution < 1.29 is 43.4 Å². The number of carbonyl (C=O) groups excluding carboxylic acids is 1. The maximum atomic E-state index is 12.1. The van der Waals surface area contributed by atoms with Crippen LogP contribution in [0.25, 0.3) is 0 Å². The Hall–Kier alpha value is -1.86. The van der Waals surface area contributed by atoms with E-state index in [0.717, 1.165) is 6.07 Å². The molecule has 4 atom stereocenters. The zero-order valence-electron chi connectivity index (χ0n) is 13.3. The summed E-state index contributed by atoms with van der Waals surface area (Å²) in [6.07, 6.45) is -6.52. The minimum atomic E-state index is -4.87. The second-order valence-electron chi connectivity index (χ2n) is 5.25. The lowest BCUT2D eigenvalue weighted by molar-refractivity contribution is -0.0557. The first-order valence-electron chi connectivity index (χ1n) is 7.29. The third-order valence-corrected chi connectivity index (χ3v) is 3.94. The van der Waals surface area contributed by atoms with Gasteiger partial charge in [0.25, 0.3) is 5.56 Å². The van der Waals surface area contributed by atoms with Crippen LogP contribution in [0.3, 0.4) is 0 Å². The van der Waals surface area contributed by atoms with Gasteiger partial charge in [-0.3, -0.25) is 18.9 Å². The van der Waals surface area contributed by atoms with Crippen LogP contribution in [-0.2, 0) is 18.6 Å². The Kier molecular flexibility index (Phi) is 6.13. The van der Waals surface area contributed by atoms with E-state index in [-0.39, 0.29) is 6.61 Å². The molecule has 0 amide bonds. The predicted molar refractivity (Wildman–Crippen MR) is 81.2 cm³/mol. The van der Waals surface area contributed by atoms with Gasteiger partial charge >= 0.3 is 19.5 Å². The van der Waals surface area contributed by atoms with Crippen LogP contribution in [0.15, 0.2) is 15.7 Å². The number of aliphatic hydroxyl groups excluding tert-OH is 2. The van der Waals surface area contributed by atoms with Crippen LogP contribution in [0.4, 0.5) is 0 Å². The van der Waals surface area contributed by atoms with Crippen molar-refractivity contribution in [3.63, 3.8) is 0 Å². The number of carbonyl (C=O) groups is 1. The van der Waals surface area contributed by atoms with Gasteiger partial charge in [-0.2, -0.15) is 0 Å². The number of nitrogens with zero attached hydrogens (tertiary/aromatic N) is 1. The Morgan fingerprint density at radius 3 is 2.58 bits per heavy atom. The van der Waals surface area contributed by atoms with Gasteiger partial charge in [0.1, 0.15) is 24.0 Å². The van der Waals surface area contributed by atoms with Crippen LogP contribution in [0, 0.1) is 0 Å². The summed E-state index contributed by atoms with van der Waals surface area (Å²) in [4.78, 5) is 54.8. The maximum absolute atomic E-state index is 12.1. The van der Waals surface area contributed by atoms with Crippen molar-refractivity contribution >= 4 is 13.8 Å². The Bertz CT molecular complexity index is 827. The van der Waals surface area contributed by atoms with Crippen molar-refractivity contribution in [3.05, 3.63) is 32.6 Å². The van der Waals surface area contributed by atoms with Crippen LogP contribution in [0.5, 0.6) is 0 Å². The minimum absolute atomic E-state index is 0.0602. The van der Waals surface area contributed by atoms with Crippen molar-refractivity contribution in [2.24, 2.45) is 0 Å². The smallest absolute Gasteiger partial charge is 0.461 e. The number of aliphatic hydroxyl groups is 2. The fourth-order valence-corrected chi connectivity index (χ4v) is 2.71. The molecule has 0 bridgehead atoms. The summed E-state index contributed by atoms with van der Waals surface area (Å²) in [6, 6.07) is 0.751. The van der Waals surface area contributed by atoms with Gasteiger partial charge in [-0.05, 0) is 6.92 Å². The van der Waals surface area contributed by atoms with E-state index in [4.69, 9.17) is 19.3 Å². The molecule has 0 aromatic carbocycles. The molecule has 13 nitrogen and oxygen atoms in total. The molecule has 0 unspecified atom stereocenters. The number of H-pyrrole nitrogens is 1. The largest absolute Gasteiger partial charge is 0.469 e. The van der Waals surface area contributed by atoms with Crippen molar-refractivity contribution in [1.82, 2.24) is 9.55 Å². The number of aromatic nitrogens is 2. The van der Waals surface area contributed by atoms with Crippen LogP contribution >= 0.6 is 7.82 Å². The molecule has 5 N–H and O–H groups in total. The van der Waals surface area contributed by atoms with E-state index in [9.17, 15) is 29.2 Å². The number of aromatic amines is 1. The summed E-state index contributed by atoms with van der Waals surface area (Å²) in [6.45, 7) is 0.634. The molecule has 1 aliphatic rings. The first kappa shape index (κ1) is 20.5.